The van der Waals surface area contributed by atoms with Gasteiger partial charge in [0.1, 0.15) is 0 Å². The van der Waals surface area contributed by atoms with Gasteiger partial charge in [-0.3, -0.25) is 15.1 Å². The maximum absolute atomic E-state index is 11.6. The molecule has 0 saturated heterocycles. The summed E-state index contributed by atoms with van der Waals surface area (Å²) in [6.07, 6.45) is 5.40. The van der Waals surface area contributed by atoms with Crippen molar-refractivity contribution >= 4 is 5.91 Å². The van der Waals surface area contributed by atoms with Crippen molar-refractivity contribution in [2.45, 2.75) is 58.0 Å². The minimum atomic E-state index is -0.207. The van der Waals surface area contributed by atoms with Crippen LogP contribution in [-0.4, -0.2) is 23.4 Å². The molecule has 1 aromatic rings. The third-order valence-corrected chi connectivity index (χ3v) is 4.65. The van der Waals surface area contributed by atoms with E-state index >= 15 is 0 Å². The molecule has 4 heteroatoms. The normalized spacial score (nSPS) is 17.1. The fourth-order valence-corrected chi connectivity index (χ4v) is 3.19. The number of carbonyl (C=O) groups is 1. The van der Waals surface area contributed by atoms with Gasteiger partial charge in [-0.25, -0.2) is 5.84 Å². The lowest BCUT2D eigenvalue weighted by Gasteiger charge is -2.27. The summed E-state index contributed by atoms with van der Waals surface area (Å²) in [6, 6.07) is 9.09. The summed E-state index contributed by atoms with van der Waals surface area (Å²) < 4.78 is 0. The van der Waals surface area contributed by atoms with Crippen LogP contribution < -0.4 is 11.3 Å². The first-order valence-electron chi connectivity index (χ1n) is 7.99. The van der Waals surface area contributed by atoms with Crippen molar-refractivity contribution in [3.05, 3.63) is 35.4 Å². The molecule has 1 amide bonds. The van der Waals surface area contributed by atoms with Crippen LogP contribution in [0.5, 0.6) is 0 Å². The summed E-state index contributed by atoms with van der Waals surface area (Å²) in [5.41, 5.74) is 4.53. The van der Waals surface area contributed by atoms with Gasteiger partial charge >= 0.3 is 0 Å². The van der Waals surface area contributed by atoms with Gasteiger partial charge in [0.25, 0.3) is 0 Å². The summed E-state index contributed by atoms with van der Waals surface area (Å²) in [6.45, 7) is 6.20. The first kappa shape index (κ1) is 16.0. The van der Waals surface area contributed by atoms with E-state index in [1.807, 2.05) is 19.1 Å². The summed E-state index contributed by atoms with van der Waals surface area (Å²) in [4.78, 5) is 14.1. The minimum Gasteiger partial charge on any atom is -0.296 e. The van der Waals surface area contributed by atoms with Gasteiger partial charge in [0, 0.05) is 12.6 Å². The fourth-order valence-electron chi connectivity index (χ4n) is 3.19. The first-order chi connectivity index (χ1) is 10.2. The van der Waals surface area contributed by atoms with Crippen molar-refractivity contribution in [3.63, 3.8) is 0 Å². The number of hydrogen-bond acceptors (Lipinski definition) is 3. The van der Waals surface area contributed by atoms with Gasteiger partial charge in [-0.1, -0.05) is 44.0 Å². The molecule has 0 spiro atoms. The molecule has 0 bridgehead atoms. The van der Waals surface area contributed by atoms with E-state index < -0.39 is 0 Å². The molecule has 1 aliphatic carbocycles. The van der Waals surface area contributed by atoms with Gasteiger partial charge in [0.2, 0.25) is 5.91 Å². The highest BCUT2D eigenvalue weighted by molar-refractivity contribution is 5.82. The lowest BCUT2D eigenvalue weighted by Crippen LogP contribution is -2.33. The van der Waals surface area contributed by atoms with E-state index in [0.29, 0.717) is 0 Å². The molecule has 3 N–H and O–H groups in total. The molecule has 4 nitrogen and oxygen atoms in total. The molecule has 0 heterocycles. The zero-order valence-corrected chi connectivity index (χ0v) is 13.1. The van der Waals surface area contributed by atoms with Crippen LogP contribution in [0.15, 0.2) is 24.3 Å². The Hall–Kier alpha value is -1.39. The maximum atomic E-state index is 11.6. The molecular formula is C17H27N3O. The van der Waals surface area contributed by atoms with Crippen LogP contribution in [-0.2, 0) is 11.3 Å². The Morgan fingerprint density at radius 3 is 2.48 bits per heavy atom. The van der Waals surface area contributed by atoms with Crippen LogP contribution in [0.4, 0.5) is 0 Å². The number of hydrazine groups is 1. The van der Waals surface area contributed by atoms with Crippen LogP contribution in [0.25, 0.3) is 0 Å². The standard InChI is InChI=1S/C17H27N3O/c1-3-20(16-6-4-5-7-16)12-14-8-10-15(11-9-14)13(2)17(21)19-18/h8-11,13,16H,3-7,12,18H2,1-2H3,(H,19,21). The van der Waals surface area contributed by atoms with Gasteiger partial charge in [-0.15, -0.1) is 0 Å². The molecule has 1 saturated carbocycles. The van der Waals surface area contributed by atoms with Crippen molar-refractivity contribution in [1.82, 2.24) is 10.3 Å². The van der Waals surface area contributed by atoms with Crippen molar-refractivity contribution in [2.24, 2.45) is 5.84 Å². The van der Waals surface area contributed by atoms with Crippen molar-refractivity contribution < 1.29 is 4.79 Å². The van der Waals surface area contributed by atoms with Gasteiger partial charge in [-0.2, -0.15) is 0 Å². The number of benzene rings is 1. The molecule has 1 fully saturated rings. The molecule has 1 aliphatic rings. The third kappa shape index (κ3) is 4.05. The number of hydrogen-bond donors (Lipinski definition) is 2. The lowest BCUT2D eigenvalue weighted by molar-refractivity contribution is -0.122. The van der Waals surface area contributed by atoms with E-state index in [4.69, 9.17) is 5.84 Å². The van der Waals surface area contributed by atoms with Crippen LogP contribution in [0.2, 0.25) is 0 Å². The average Bonchev–Trinajstić information content (AvgIpc) is 3.06. The predicted molar refractivity (Wildman–Crippen MR) is 85.5 cm³/mol. The van der Waals surface area contributed by atoms with E-state index in [1.165, 1.54) is 31.2 Å². The highest BCUT2D eigenvalue weighted by Crippen LogP contribution is 2.25. The molecule has 0 aliphatic heterocycles. The second-order valence-corrected chi connectivity index (χ2v) is 5.97. The number of nitrogens with one attached hydrogen (secondary N) is 1. The van der Waals surface area contributed by atoms with E-state index in [0.717, 1.165) is 24.7 Å². The maximum Gasteiger partial charge on any atom is 0.241 e. The zero-order chi connectivity index (χ0) is 15.2. The largest absolute Gasteiger partial charge is 0.296 e. The third-order valence-electron chi connectivity index (χ3n) is 4.65. The van der Waals surface area contributed by atoms with E-state index in [2.05, 4.69) is 29.4 Å². The smallest absolute Gasteiger partial charge is 0.241 e. The lowest BCUT2D eigenvalue weighted by atomic mass is 9.99. The first-order valence-corrected chi connectivity index (χ1v) is 7.99. The molecule has 1 unspecified atom stereocenters. The van der Waals surface area contributed by atoms with Crippen LogP contribution in [0.3, 0.4) is 0 Å². The molecule has 116 valence electrons. The van der Waals surface area contributed by atoms with Crippen LogP contribution in [0.1, 0.15) is 56.6 Å². The van der Waals surface area contributed by atoms with E-state index in [-0.39, 0.29) is 11.8 Å². The summed E-state index contributed by atoms with van der Waals surface area (Å²) in [7, 11) is 0. The molecule has 1 aromatic carbocycles. The number of nitrogens with zero attached hydrogens (tertiary/aromatic N) is 1. The second kappa shape index (κ2) is 7.57. The zero-order valence-electron chi connectivity index (χ0n) is 13.1. The summed E-state index contributed by atoms with van der Waals surface area (Å²) >= 11 is 0. The van der Waals surface area contributed by atoms with Gasteiger partial charge in [-0.05, 0) is 37.4 Å². The van der Waals surface area contributed by atoms with Crippen LogP contribution >= 0.6 is 0 Å². The van der Waals surface area contributed by atoms with Crippen molar-refractivity contribution in [3.8, 4) is 0 Å². The topological polar surface area (TPSA) is 58.4 Å². The van der Waals surface area contributed by atoms with E-state index in [1.54, 1.807) is 0 Å². The Bertz CT molecular complexity index is 452. The fraction of sp³-hybridized carbons (Fsp3) is 0.588. The molecule has 21 heavy (non-hydrogen) atoms. The summed E-state index contributed by atoms with van der Waals surface area (Å²) in [5.74, 6) is 4.83. The monoisotopic (exact) mass is 289 g/mol. The second-order valence-electron chi connectivity index (χ2n) is 5.97. The van der Waals surface area contributed by atoms with Crippen molar-refractivity contribution in [1.29, 1.82) is 0 Å². The SMILES string of the molecule is CCN(Cc1ccc(C(C)C(=O)NN)cc1)C1CCCC1. The van der Waals surface area contributed by atoms with Gasteiger partial charge < -0.3 is 0 Å². The van der Waals surface area contributed by atoms with E-state index in [9.17, 15) is 4.79 Å². The molecule has 1 atom stereocenters. The number of carbonyl (C=O) groups excluding carboxylic acids is 1. The molecule has 0 radical (unpaired) electrons. The van der Waals surface area contributed by atoms with Gasteiger partial charge in [0.05, 0.1) is 5.92 Å². The number of nitrogens with two attached hydrogens (primary N) is 1. The Kier molecular flexibility index (Phi) is 5.76. The molecule has 2 rings (SSSR count). The van der Waals surface area contributed by atoms with Crippen molar-refractivity contribution in [2.75, 3.05) is 6.54 Å². The van der Waals surface area contributed by atoms with Gasteiger partial charge in [0.15, 0.2) is 0 Å². The number of amides is 1. The Labute approximate surface area is 127 Å². The molecule has 0 aromatic heterocycles. The highest BCUT2D eigenvalue weighted by atomic mass is 16.2. The Balaban J connectivity index is 1.99. The highest BCUT2D eigenvalue weighted by Gasteiger charge is 2.21. The Morgan fingerprint density at radius 1 is 1.33 bits per heavy atom. The summed E-state index contributed by atoms with van der Waals surface area (Å²) in [5, 5.41) is 0. The minimum absolute atomic E-state index is 0.149. The Morgan fingerprint density at radius 2 is 1.95 bits per heavy atom. The quantitative estimate of drug-likeness (QED) is 0.481. The number of rotatable bonds is 6. The average molecular weight is 289 g/mol. The molecular weight excluding hydrogens is 262 g/mol. The predicted octanol–water partition coefficient (Wildman–Crippen LogP) is 2.54. The van der Waals surface area contributed by atoms with Crippen LogP contribution in [0, 0.1) is 0 Å².